The van der Waals surface area contributed by atoms with E-state index in [1.54, 1.807) is 0 Å². The van der Waals surface area contributed by atoms with Crippen molar-refractivity contribution < 1.29 is 4.57 Å². The number of aromatic nitrogens is 2. The molecule has 32 heavy (non-hydrogen) atoms. The van der Waals surface area contributed by atoms with Crippen LogP contribution in [0.2, 0.25) is 0 Å². The summed E-state index contributed by atoms with van der Waals surface area (Å²) in [6.07, 6.45) is 35.6. The minimum atomic E-state index is 0.732. The number of hydrogen-bond donors (Lipinski definition) is 1. The molecule has 1 atom stereocenters. The Hall–Kier alpha value is -0.790. The molecule has 0 fully saturated rings. The summed E-state index contributed by atoms with van der Waals surface area (Å²) in [5.41, 5.74) is 0. The van der Waals surface area contributed by atoms with E-state index in [4.69, 9.17) is 0 Å². The van der Waals surface area contributed by atoms with E-state index in [1.165, 1.54) is 147 Å². The zero-order valence-electron chi connectivity index (χ0n) is 22.4. The summed E-state index contributed by atoms with van der Waals surface area (Å²) in [5.74, 6) is 2.23. The Balaban J connectivity index is 2.18. The monoisotopic (exact) mass is 447 g/mol. The van der Waals surface area contributed by atoms with Crippen molar-refractivity contribution in [2.75, 3.05) is 0 Å². The first-order valence-corrected chi connectivity index (χ1v) is 14.9. The van der Waals surface area contributed by atoms with Gasteiger partial charge in [-0.05, 0) is 19.3 Å². The fraction of sp³-hybridized carbons (Fsp3) is 0.900. The predicted octanol–water partition coefficient (Wildman–Crippen LogP) is 10.0. The third-order valence-electron chi connectivity index (χ3n) is 7.21. The largest absolute Gasteiger partial charge is 0.257 e. The second kappa shape index (κ2) is 22.0. The summed E-state index contributed by atoms with van der Waals surface area (Å²) in [4.78, 5) is 3.61. The highest BCUT2D eigenvalue weighted by Crippen LogP contribution is 2.26. The first-order chi connectivity index (χ1) is 15.8. The molecule has 0 amide bonds. The molecule has 0 radical (unpaired) electrons. The third-order valence-corrected chi connectivity index (χ3v) is 7.21. The van der Waals surface area contributed by atoms with E-state index in [9.17, 15) is 0 Å². The molecule has 1 aromatic rings. The number of nitrogens with zero attached hydrogens (tertiary/aromatic N) is 1. The van der Waals surface area contributed by atoms with E-state index in [0.717, 1.165) is 12.5 Å². The first-order valence-electron chi connectivity index (χ1n) is 14.9. The van der Waals surface area contributed by atoms with Crippen LogP contribution in [-0.2, 0) is 6.54 Å². The van der Waals surface area contributed by atoms with Crippen molar-refractivity contribution in [3.05, 3.63) is 18.2 Å². The van der Waals surface area contributed by atoms with Gasteiger partial charge in [0.05, 0.1) is 12.5 Å². The number of aryl methyl sites for hydroxylation is 1. The first kappa shape index (κ1) is 29.2. The molecule has 1 heterocycles. The molecular weight excluding hydrogens is 388 g/mol. The molecule has 2 nitrogen and oxygen atoms in total. The Morgan fingerprint density at radius 1 is 0.562 bits per heavy atom. The van der Waals surface area contributed by atoms with Gasteiger partial charge in [0.1, 0.15) is 12.4 Å². The quantitative estimate of drug-likeness (QED) is 0.120. The van der Waals surface area contributed by atoms with Crippen LogP contribution in [-0.4, -0.2) is 4.98 Å². The lowest BCUT2D eigenvalue weighted by Gasteiger charge is -2.14. The van der Waals surface area contributed by atoms with Gasteiger partial charge in [-0.15, -0.1) is 0 Å². The van der Waals surface area contributed by atoms with Crippen molar-refractivity contribution in [1.29, 1.82) is 0 Å². The van der Waals surface area contributed by atoms with Gasteiger partial charge >= 0.3 is 0 Å². The van der Waals surface area contributed by atoms with Gasteiger partial charge in [-0.3, -0.25) is 0 Å². The molecule has 1 N–H and O–H groups in total. The Morgan fingerprint density at radius 2 is 0.969 bits per heavy atom. The summed E-state index contributed by atoms with van der Waals surface area (Å²) in [6.45, 7) is 8.06. The van der Waals surface area contributed by atoms with Gasteiger partial charge in [0.25, 0.3) is 5.82 Å². The molecule has 0 saturated carbocycles. The number of nitrogens with one attached hydrogen (secondary N) is 1. The highest BCUT2D eigenvalue weighted by molar-refractivity contribution is 4.90. The Kier molecular flexibility index (Phi) is 20.1. The van der Waals surface area contributed by atoms with Crippen LogP contribution in [0.15, 0.2) is 12.4 Å². The number of unbranched alkanes of at least 4 members (excludes halogenated alkanes) is 17. The van der Waals surface area contributed by atoms with Gasteiger partial charge in [0.2, 0.25) is 0 Å². The molecule has 0 spiro atoms. The maximum Gasteiger partial charge on any atom is 0.257 e. The summed E-state index contributed by atoms with van der Waals surface area (Å²) < 4.78 is 2.49. The standard InChI is InChI=1S/C30H58N2/c1-4-7-9-11-13-14-15-16-17-18-19-21-23-25-29(24-22-20-12-10-8-5-2)30-31-26-28-32(30)27-6-3/h26,28-29H,4-25,27H2,1-3H3/p+1/t29-/m0/s1. The molecular formula is C30H59N2+. The van der Waals surface area contributed by atoms with Gasteiger partial charge in [-0.25, -0.2) is 9.55 Å². The second-order valence-corrected chi connectivity index (χ2v) is 10.3. The second-order valence-electron chi connectivity index (χ2n) is 10.3. The van der Waals surface area contributed by atoms with Crippen LogP contribution < -0.4 is 4.57 Å². The fourth-order valence-electron chi connectivity index (χ4n) is 5.16. The molecule has 0 saturated heterocycles. The SMILES string of the molecule is CCCCCCCCCCCCCCC[C@H](CCCCCCCC)c1[nH]cc[n+]1CCC. The molecule has 0 aliphatic heterocycles. The maximum atomic E-state index is 3.61. The van der Waals surface area contributed by atoms with Gasteiger partial charge in [-0.1, -0.05) is 143 Å². The lowest BCUT2D eigenvalue weighted by molar-refractivity contribution is -0.704. The number of rotatable bonds is 24. The van der Waals surface area contributed by atoms with E-state index in [-0.39, 0.29) is 0 Å². The minimum absolute atomic E-state index is 0.732. The molecule has 0 aliphatic rings. The molecule has 0 bridgehead atoms. The summed E-state index contributed by atoms with van der Waals surface area (Å²) in [6, 6.07) is 0. The van der Waals surface area contributed by atoms with E-state index in [0.29, 0.717) is 0 Å². The van der Waals surface area contributed by atoms with Gasteiger partial charge in [0, 0.05) is 0 Å². The van der Waals surface area contributed by atoms with Crippen LogP contribution in [0.3, 0.4) is 0 Å². The van der Waals surface area contributed by atoms with E-state index in [1.807, 2.05) is 0 Å². The molecule has 1 aromatic heterocycles. The molecule has 2 heteroatoms. The van der Waals surface area contributed by atoms with E-state index >= 15 is 0 Å². The third kappa shape index (κ3) is 15.1. The van der Waals surface area contributed by atoms with Crippen molar-refractivity contribution in [3.8, 4) is 0 Å². The van der Waals surface area contributed by atoms with Crippen LogP contribution in [0.25, 0.3) is 0 Å². The smallest absolute Gasteiger partial charge is 0.247 e. The zero-order chi connectivity index (χ0) is 23.1. The van der Waals surface area contributed by atoms with Crippen LogP contribution in [0.4, 0.5) is 0 Å². The topological polar surface area (TPSA) is 19.7 Å². The van der Waals surface area contributed by atoms with Crippen molar-refractivity contribution in [2.24, 2.45) is 0 Å². The Bertz CT molecular complexity index is 493. The highest BCUT2D eigenvalue weighted by atomic mass is 15.1. The van der Waals surface area contributed by atoms with Crippen LogP contribution in [0.5, 0.6) is 0 Å². The predicted molar refractivity (Wildman–Crippen MR) is 142 cm³/mol. The van der Waals surface area contributed by atoms with Crippen molar-refractivity contribution >= 4 is 0 Å². The summed E-state index contributed by atoms with van der Waals surface area (Å²) in [5, 5.41) is 0. The van der Waals surface area contributed by atoms with Crippen molar-refractivity contribution in [2.45, 2.75) is 174 Å². The number of hydrogen-bond acceptors (Lipinski definition) is 0. The maximum absolute atomic E-state index is 3.61. The molecule has 188 valence electrons. The average Bonchev–Trinajstić information content (AvgIpc) is 3.26. The van der Waals surface area contributed by atoms with E-state index < -0.39 is 0 Å². The normalized spacial score (nSPS) is 12.5. The van der Waals surface area contributed by atoms with E-state index in [2.05, 4.69) is 42.7 Å². The number of H-pyrrole nitrogens is 1. The van der Waals surface area contributed by atoms with Gasteiger partial charge < -0.3 is 0 Å². The molecule has 0 aliphatic carbocycles. The van der Waals surface area contributed by atoms with Crippen molar-refractivity contribution in [1.82, 2.24) is 4.98 Å². The van der Waals surface area contributed by atoms with Crippen LogP contribution in [0.1, 0.15) is 174 Å². The summed E-state index contributed by atoms with van der Waals surface area (Å²) in [7, 11) is 0. The highest BCUT2D eigenvalue weighted by Gasteiger charge is 2.22. The van der Waals surface area contributed by atoms with Crippen LogP contribution >= 0.6 is 0 Å². The lowest BCUT2D eigenvalue weighted by Crippen LogP contribution is -2.37. The number of aromatic amines is 1. The van der Waals surface area contributed by atoms with Gasteiger partial charge in [-0.2, -0.15) is 0 Å². The Labute approximate surface area is 202 Å². The average molecular weight is 448 g/mol. The van der Waals surface area contributed by atoms with Crippen LogP contribution in [0, 0.1) is 0 Å². The van der Waals surface area contributed by atoms with Gasteiger partial charge in [0.15, 0.2) is 0 Å². The number of imidazole rings is 1. The minimum Gasteiger partial charge on any atom is -0.247 e. The zero-order valence-corrected chi connectivity index (χ0v) is 22.4. The Morgan fingerprint density at radius 3 is 1.38 bits per heavy atom. The summed E-state index contributed by atoms with van der Waals surface area (Å²) >= 11 is 0. The molecule has 1 rings (SSSR count). The van der Waals surface area contributed by atoms with Crippen molar-refractivity contribution in [3.63, 3.8) is 0 Å². The fourth-order valence-corrected chi connectivity index (χ4v) is 5.16. The lowest BCUT2D eigenvalue weighted by atomic mass is 9.93. The molecule has 0 aromatic carbocycles. The molecule has 0 unspecified atom stereocenters.